The molecule has 4 aliphatic carbocycles. The third-order valence-corrected chi connectivity index (χ3v) is 7.79. The number of nitrogens with one attached hydrogen (secondary N) is 1. The molecule has 4 saturated carbocycles. The van der Waals surface area contributed by atoms with Gasteiger partial charge in [-0.05, 0) is 105 Å². The molecule has 0 atom stereocenters. The SMILES string of the molecule is O=C(NC12CC3CC(CC(C3)C1)C2)C(CO)(Cc1ccncc1)Cc1ccncc1. The molecule has 0 unspecified atom stereocenters. The van der Waals surface area contributed by atoms with E-state index in [0.717, 1.165) is 48.1 Å². The minimum absolute atomic E-state index is 0.000532. The molecular formula is C25H31N3O2. The molecule has 30 heavy (non-hydrogen) atoms. The highest BCUT2D eigenvalue weighted by atomic mass is 16.3. The summed E-state index contributed by atoms with van der Waals surface area (Å²) in [6, 6.07) is 7.76. The van der Waals surface area contributed by atoms with E-state index in [1.54, 1.807) is 24.8 Å². The quantitative estimate of drug-likeness (QED) is 0.741. The predicted octanol–water partition coefficient (Wildman–Crippen LogP) is 3.33. The van der Waals surface area contributed by atoms with E-state index in [9.17, 15) is 9.90 Å². The highest BCUT2D eigenvalue weighted by Gasteiger charge is 2.53. The van der Waals surface area contributed by atoms with Crippen molar-refractivity contribution in [1.82, 2.24) is 15.3 Å². The van der Waals surface area contributed by atoms with E-state index in [4.69, 9.17) is 0 Å². The summed E-state index contributed by atoms with van der Waals surface area (Å²) in [5, 5.41) is 14.1. The molecule has 5 nitrogen and oxygen atoms in total. The molecule has 4 aliphatic rings. The van der Waals surface area contributed by atoms with Crippen molar-refractivity contribution in [1.29, 1.82) is 0 Å². The number of nitrogens with zero attached hydrogens (tertiary/aromatic N) is 2. The standard InChI is InChI=1S/C25H31N3O2/c29-17-24(12-18-1-5-26-6-2-18,13-19-3-7-27-8-4-19)23(30)28-25-14-20-9-21(15-25)11-22(10-20)16-25/h1-8,20-22,29H,9-17H2,(H,28,30). The van der Waals surface area contributed by atoms with Gasteiger partial charge in [-0.1, -0.05) is 0 Å². The largest absolute Gasteiger partial charge is 0.395 e. The lowest BCUT2D eigenvalue weighted by atomic mass is 9.53. The van der Waals surface area contributed by atoms with Crippen molar-refractivity contribution in [3.05, 3.63) is 60.2 Å². The van der Waals surface area contributed by atoms with Gasteiger partial charge in [-0.15, -0.1) is 0 Å². The molecule has 0 aliphatic heterocycles. The Labute approximate surface area is 178 Å². The van der Waals surface area contributed by atoms with Crippen molar-refractivity contribution in [2.75, 3.05) is 6.61 Å². The number of amides is 1. The fourth-order valence-corrected chi connectivity index (χ4v) is 6.83. The van der Waals surface area contributed by atoms with Gasteiger partial charge in [0.1, 0.15) is 0 Å². The van der Waals surface area contributed by atoms with Crippen molar-refractivity contribution in [2.24, 2.45) is 23.2 Å². The van der Waals surface area contributed by atoms with Crippen LogP contribution in [0.3, 0.4) is 0 Å². The summed E-state index contributed by atoms with van der Waals surface area (Å²) in [5.74, 6) is 2.29. The topological polar surface area (TPSA) is 75.1 Å². The number of hydrogen-bond donors (Lipinski definition) is 2. The molecule has 2 N–H and O–H groups in total. The molecule has 0 spiro atoms. The summed E-state index contributed by atoms with van der Waals surface area (Å²) in [6.45, 7) is -0.185. The Morgan fingerprint density at radius 3 is 1.73 bits per heavy atom. The first-order valence-electron chi connectivity index (χ1n) is 11.3. The molecule has 158 valence electrons. The van der Waals surface area contributed by atoms with E-state index in [0.29, 0.717) is 12.8 Å². The minimum Gasteiger partial charge on any atom is -0.395 e. The zero-order chi connectivity index (χ0) is 20.6. The smallest absolute Gasteiger partial charge is 0.229 e. The molecule has 4 fully saturated rings. The predicted molar refractivity (Wildman–Crippen MR) is 114 cm³/mol. The van der Waals surface area contributed by atoms with Gasteiger partial charge in [-0.2, -0.15) is 0 Å². The Morgan fingerprint density at radius 2 is 1.33 bits per heavy atom. The molecule has 5 heteroatoms. The Hall–Kier alpha value is -2.27. The maximum absolute atomic E-state index is 13.9. The van der Waals surface area contributed by atoms with Gasteiger partial charge in [0.25, 0.3) is 0 Å². The molecular weight excluding hydrogens is 374 g/mol. The van der Waals surface area contributed by atoms with Crippen LogP contribution >= 0.6 is 0 Å². The van der Waals surface area contributed by atoms with Gasteiger partial charge in [0.15, 0.2) is 0 Å². The number of aromatic nitrogens is 2. The Bertz CT molecular complexity index is 807. The van der Waals surface area contributed by atoms with Gasteiger partial charge in [0.2, 0.25) is 5.91 Å². The lowest BCUT2D eigenvalue weighted by Gasteiger charge is -2.57. The first-order chi connectivity index (χ1) is 14.6. The van der Waals surface area contributed by atoms with Crippen molar-refractivity contribution in [3.8, 4) is 0 Å². The first-order valence-corrected chi connectivity index (χ1v) is 11.3. The zero-order valence-corrected chi connectivity index (χ0v) is 17.5. The van der Waals surface area contributed by atoms with Gasteiger partial charge in [0.05, 0.1) is 12.0 Å². The minimum atomic E-state index is -0.897. The summed E-state index contributed by atoms with van der Waals surface area (Å²) in [4.78, 5) is 22.1. The number of aliphatic hydroxyl groups excluding tert-OH is 1. The van der Waals surface area contributed by atoms with Gasteiger partial charge in [0, 0.05) is 30.3 Å². The summed E-state index contributed by atoms with van der Waals surface area (Å²) in [6.07, 6.45) is 15.3. The number of carbonyl (C=O) groups is 1. The second kappa shape index (κ2) is 7.77. The van der Waals surface area contributed by atoms with Crippen LogP contribution in [0, 0.1) is 23.2 Å². The van der Waals surface area contributed by atoms with Crippen LogP contribution in [0.15, 0.2) is 49.1 Å². The molecule has 6 rings (SSSR count). The van der Waals surface area contributed by atoms with E-state index < -0.39 is 5.41 Å². The molecule has 0 saturated heterocycles. The van der Waals surface area contributed by atoms with Crippen LogP contribution in [0.5, 0.6) is 0 Å². The maximum Gasteiger partial charge on any atom is 0.229 e. The van der Waals surface area contributed by atoms with Gasteiger partial charge < -0.3 is 10.4 Å². The highest BCUT2D eigenvalue weighted by Crippen LogP contribution is 2.55. The van der Waals surface area contributed by atoms with Crippen LogP contribution < -0.4 is 5.32 Å². The normalized spacial score (nSPS) is 29.7. The number of hydrogen-bond acceptors (Lipinski definition) is 4. The summed E-state index contributed by atoms with van der Waals surface area (Å²) in [5.41, 5.74) is 1.08. The van der Waals surface area contributed by atoms with E-state index >= 15 is 0 Å². The summed E-state index contributed by atoms with van der Waals surface area (Å²) in [7, 11) is 0. The van der Waals surface area contributed by atoms with E-state index in [1.165, 1.54) is 19.3 Å². The van der Waals surface area contributed by atoms with Gasteiger partial charge >= 0.3 is 0 Å². The highest BCUT2D eigenvalue weighted by molar-refractivity contribution is 5.84. The molecule has 0 radical (unpaired) electrons. The summed E-state index contributed by atoms with van der Waals surface area (Å²) < 4.78 is 0. The molecule has 2 heterocycles. The van der Waals surface area contributed by atoms with E-state index in [2.05, 4.69) is 15.3 Å². The second-order valence-corrected chi connectivity index (χ2v) is 10.2. The van der Waals surface area contributed by atoms with E-state index in [-0.39, 0.29) is 18.1 Å². The molecule has 0 aromatic carbocycles. The van der Waals surface area contributed by atoms with Crippen LogP contribution in [-0.2, 0) is 17.6 Å². The Balaban J connectivity index is 1.43. The fourth-order valence-electron chi connectivity index (χ4n) is 6.83. The Morgan fingerprint density at radius 1 is 0.900 bits per heavy atom. The summed E-state index contributed by atoms with van der Waals surface area (Å²) >= 11 is 0. The average Bonchev–Trinajstić information content (AvgIpc) is 2.73. The van der Waals surface area contributed by atoms with Crippen LogP contribution in [0.1, 0.15) is 49.7 Å². The fraction of sp³-hybridized carbons (Fsp3) is 0.560. The van der Waals surface area contributed by atoms with Crippen molar-refractivity contribution in [3.63, 3.8) is 0 Å². The van der Waals surface area contributed by atoms with Crippen LogP contribution in [0.2, 0.25) is 0 Å². The van der Waals surface area contributed by atoms with Crippen molar-refractivity contribution in [2.45, 2.75) is 56.9 Å². The van der Waals surface area contributed by atoms with Crippen molar-refractivity contribution < 1.29 is 9.90 Å². The number of carbonyl (C=O) groups excluding carboxylic acids is 1. The third kappa shape index (κ3) is 3.76. The second-order valence-electron chi connectivity index (χ2n) is 10.2. The third-order valence-electron chi connectivity index (χ3n) is 7.79. The maximum atomic E-state index is 13.9. The Kier molecular flexibility index (Phi) is 5.10. The average molecular weight is 406 g/mol. The molecule has 1 amide bonds. The number of pyridine rings is 2. The zero-order valence-electron chi connectivity index (χ0n) is 17.5. The van der Waals surface area contributed by atoms with Crippen LogP contribution in [0.25, 0.3) is 0 Å². The lowest BCUT2D eigenvalue weighted by Crippen LogP contribution is -2.63. The molecule has 4 bridgehead atoms. The monoisotopic (exact) mass is 405 g/mol. The van der Waals surface area contributed by atoms with Crippen molar-refractivity contribution >= 4 is 5.91 Å². The van der Waals surface area contributed by atoms with Crippen LogP contribution in [0.4, 0.5) is 0 Å². The first kappa shape index (κ1) is 19.7. The lowest BCUT2D eigenvalue weighted by molar-refractivity contribution is -0.139. The van der Waals surface area contributed by atoms with Crippen LogP contribution in [-0.4, -0.2) is 33.1 Å². The van der Waals surface area contributed by atoms with E-state index in [1.807, 2.05) is 24.3 Å². The molecule has 2 aromatic heterocycles. The number of rotatable bonds is 7. The number of aliphatic hydroxyl groups is 1. The van der Waals surface area contributed by atoms with Gasteiger partial charge in [-0.3, -0.25) is 14.8 Å². The van der Waals surface area contributed by atoms with Gasteiger partial charge in [-0.25, -0.2) is 0 Å². The molecule has 2 aromatic rings.